The first-order valence-electron chi connectivity index (χ1n) is 8.58. The van der Waals surface area contributed by atoms with Crippen LogP contribution in [0, 0.1) is 0 Å². The van der Waals surface area contributed by atoms with E-state index in [0.29, 0.717) is 22.1 Å². The lowest BCUT2D eigenvalue weighted by Gasteiger charge is -2.34. The number of nitrogens with zero attached hydrogens (tertiary/aromatic N) is 2. The van der Waals surface area contributed by atoms with Crippen LogP contribution in [-0.2, 0) is 6.42 Å². The number of phenols is 1. The quantitative estimate of drug-likeness (QED) is 0.512. The van der Waals surface area contributed by atoms with E-state index in [1.54, 1.807) is 6.07 Å². The number of rotatable bonds is 2. The van der Waals surface area contributed by atoms with E-state index in [9.17, 15) is 5.11 Å². The Balaban J connectivity index is 1.95. The van der Waals surface area contributed by atoms with Gasteiger partial charge in [-0.25, -0.2) is 0 Å². The molecule has 0 unspecified atom stereocenters. The maximum absolute atomic E-state index is 10.7. The van der Waals surface area contributed by atoms with Crippen molar-refractivity contribution in [3.05, 3.63) is 59.1 Å². The number of hydrogen-bond donors (Lipinski definition) is 1. The summed E-state index contributed by atoms with van der Waals surface area (Å²) >= 11 is 6.20. The maximum atomic E-state index is 10.7. The first kappa shape index (κ1) is 16.9. The molecule has 5 heteroatoms. The summed E-state index contributed by atoms with van der Waals surface area (Å²) in [6.45, 7) is 4.08. The van der Waals surface area contributed by atoms with Gasteiger partial charge in [-0.1, -0.05) is 48.0 Å². The number of halogens is 1. The lowest BCUT2D eigenvalue weighted by molar-refractivity contribution is 0.0847. The van der Waals surface area contributed by atoms with E-state index in [0.717, 1.165) is 29.2 Å². The summed E-state index contributed by atoms with van der Waals surface area (Å²) in [6.07, 6.45) is 1.56. The van der Waals surface area contributed by atoms with E-state index in [2.05, 4.69) is 10.2 Å². The van der Waals surface area contributed by atoms with E-state index in [1.165, 1.54) is 0 Å². The Bertz CT molecular complexity index is 1030. The third-order valence-electron chi connectivity index (χ3n) is 4.68. The molecule has 1 aliphatic heterocycles. The molecule has 0 bridgehead atoms. The van der Waals surface area contributed by atoms with Gasteiger partial charge in [0.25, 0.3) is 0 Å². The monoisotopic (exact) mass is 366 g/mol. The van der Waals surface area contributed by atoms with Gasteiger partial charge in [0.2, 0.25) is 0 Å². The van der Waals surface area contributed by atoms with Crippen molar-refractivity contribution < 1.29 is 9.84 Å². The molecule has 132 valence electrons. The van der Waals surface area contributed by atoms with E-state index < -0.39 is 0 Å². The molecule has 0 fully saturated rings. The molecule has 0 atom stereocenters. The van der Waals surface area contributed by atoms with Crippen LogP contribution in [0.2, 0.25) is 5.02 Å². The number of benzene rings is 3. The fraction of sp³-hybridized carbons (Fsp3) is 0.238. The molecule has 0 aromatic heterocycles. The third-order valence-corrected chi connectivity index (χ3v) is 5.00. The van der Waals surface area contributed by atoms with Crippen LogP contribution in [-0.4, -0.2) is 10.7 Å². The van der Waals surface area contributed by atoms with Gasteiger partial charge in [0.1, 0.15) is 22.7 Å². The Morgan fingerprint density at radius 2 is 1.69 bits per heavy atom. The summed E-state index contributed by atoms with van der Waals surface area (Å²) in [5.74, 6) is 0.871. The summed E-state index contributed by atoms with van der Waals surface area (Å²) < 4.78 is 6.21. The van der Waals surface area contributed by atoms with Crippen LogP contribution < -0.4 is 4.74 Å². The molecule has 0 aliphatic carbocycles. The molecule has 0 amide bonds. The Morgan fingerprint density at radius 1 is 1.00 bits per heavy atom. The minimum Gasteiger partial charge on any atom is -0.507 e. The lowest BCUT2D eigenvalue weighted by Crippen LogP contribution is -2.32. The molecule has 1 aliphatic rings. The Kier molecular flexibility index (Phi) is 4.08. The molecule has 0 radical (unpaired) electrons. The molecule has 26 heavy (non-hydrogen) atoms. The van der Waals surface area contributed by atoms with Crippen LogP contribution in [0.25, 0.3) is 10.8 Å². The maximum Gasteiger partial charge on any atom is 0.155 e. The molecule has 0 saturated heterocycles. The van der Waals surface area contributed by atoms with Crippen LogP contribution in [0.1, 0.15) is 25.8 Å². The fourth-order valence-corrected chi connectivity index (χ4v) is 3.44. The highest BCUT2D eigenvalue weighted by atomic mass is 35.5. The molecule has 4 nitrogen and oxygen atoms in total. The molecule has 4 rings (SSSR count). The van der Waals surface area contributed by atoms with E-state index >= 15 is 0 Å². The van der Waals surface area contributed by atoms with Gasteiger partial charge >= 0.3 is 0 Å². The highest BCUT2D eigenvalue weighted by Gasteiger charge is 2.32. The van der Waals surface area contributed by atoms with Crippen molar-refractivity contribution in [2.45, 2.75) is 32.3 Å². The van der Waals surface area contributed by atoms with Crippen molar-refractivity contribution in [3.63, 3.8) is 0 Å². The van der Waals surface area contributed by atoms with Gasteiger partial charge in [-0.2, -0.15) is 0 Å². The molecule has 0 saturated carbocycles. The molecule has 1 heterocycles. The molecular weight excluding hydrogens is 348 g/mol. The summed E-state index contributed by atoms with van der Waals surface area (Å²) in [5.41, 5.74) is 1.68. The minimum atomic E-state index is -0.323. The summed E-state index contributed by atoms with van der Waals surface area (Å²) in [7, 11) is 0. The van der Waals surface area contributed by atoms with Crippen molar-refractivity contribution in [1.29, 1.82) is 0 Å². The zero-order chi connectivity index (χ0) is 18.3. The first-order valence-corrected chi connectivity index (χ1v) is 8.96. The smallest absolute Gasteiger partial charge is 0.155 e. The number of aromatic hydroxyl groups is 1. The van der Waals surface area contributed by atoms with E-state index in [4.69, 9.17) is 16.3 Å². The average Bonchev–Trinajstić information content (AvgIpc) is 2.62. The van der Waals surface area contributed by atoms with Gasteiger partial charge in [0.05, 0.1) is 5.02 Å². The number of fused-ring (bicyclic) bond motifs is 2. The van der Waals surface area contributed by atoms with Crippen LogP contribution >= 0.6 is 11.6 Å². The number of ether oxygens (including phenoxy) is 1. The van der Waals surface area contributed by atoms with Gasteiger partial charge in [-0.05, 0) is 38.8 Å². The second-order valence-corrected chi connectivity index (χ2v) is 7.47. The van der Waals surface area contributed by atoms with Crippen LogP contribution in [0.5, 0.6) is 11.5 Å². The van der Waals surface area contributed by atoms with Crippen molar-refractivity contribution in [3.8, 4) is 11.5 Å². The normalized spacial score (nSPS) is 15.8. The van der Waals surface area contributed by atoms with E-state index in [-0.39, 0.29) is 11.4 Å². The number of phenolic OH excluding ortho intramolecular Hbond substituents is 1. The third kappa shape index (κ3) is 2.90. The van der Waals surface area contributed by atoms with Crippen molar-refractivity contribution in [1.82, 2.24) is 0 Å². The zero-order valence-electron chi connectivity index (χ0n) is 14.7. The van der Waals surface area contributed by atoms with Crippen LogP contribution in [0.3, 0.4) is 0 Å². The highest BCUT2D eigenvalue weighted by Crippen LogP contribution is 2.50. The fourth-order valence-electron chi connectivity index (χ4n) is 3.26. The zero-order valence-corrected chi connectivity index (χ0v) is 15.4. The van der Waals surface area contributed by atoms with Crippen LogP contribution in [0.4, 0.5) is 11.4 Å². The highest BCUT2D eigenvalue weighted by molar-refractivity contribution is 6.32. The summed E-state index contributed by atoms with van der Waals surface area (Å²) in [5, 5.41) is 21.7. The van der Waals surface area contributed by atoms with Gasteiger partial charge in [-0.3, -0.25) is 0 Å². The first-order chi connectivity index (χ1) is 12.5. The molecule has 0 spiro atoms. The Hall–Kier alpha value is -2.59. The van der Waals surface area contributed by atoms with Gasteiger partial charge in [-0.15, -0.1) is 10.2 Å². The summed E-state index contributed by atoms with van der Waals surface area (Å²) in [4.78, 5) is 0. The summed E-state index contributed by atoms with van der Waals surface area (Å²) in [6, 6.07) is 14.9. The average molecular weight is 367 g/mol. The van der Waals surface area contributed by atoms with Crippen molar-refractivity contribution in [2.24, 2.45) is 10.2 Å². The SMILES string of the molecule is CC1(C)CCc2c(c(N=Nc3ccccc3Cl)c3ccccc3c2O)O1. The largest absolute Gasteiger partial charge is 0.507 e. The number of hydrogen-bond acceptors (Lipinski definition) is 4. The Morgan fingerprint density at radius 3 is 2.46 bits per heavy atom. The van der Waals surface area contributed by atoms with Crippen molar-refractivity contribution >= 4 is 33.7 Å². The predicted molar refractivity (Wildman–Crippen MR) is 104 cm³/mol. The molecular formula is C21H19ClN2O2. The van der Waals surface area contributed by atoms with E-state index in [1.807, 2.05) is 56.3 Å². The second kappa shape index (κ2) is 6.29. The minimum absolute atomic E-state index is 0.266. The van der Waals surface area contributed by atoms with Gasteiger partial charge in [0, 0.05) is 16.3 Å². The standard InChI is InChI=1S/C21H19ClN2O2/c1-21(2)12-11-15-19(25)14-8-4-3-7-13(14)18(20(15)26-21)24-23-17-10-6-5-9-16(17)22/h3-10,25H,11-12H2,1-2H3. The van der Waals surface area contributed by atoms with Gasteiger partial charge in [0.15, 0.2) is 5.75 Å². The molecule has 3 aromatic rings. The Labute approximate surface area is 157 Å². The number of azo groups is 1. The molecule has 3 aromatic carbocycles. The second-order valence-electron chi connectivity index (χ2n) is 7.06. The molecule has 1 N–H and O–H groups in total. The van der Waals surface area contributed by atoms with Crippen molar-refractivity contribution in [2.75, 3.05) is 0 Å². The van der Waals surface area contributed by atoms with Gasteiger partial charge < -0.3 is 9.84 Å². The lowest BCUT2D eigenvalue weighted by atomic mass is 9.91. The topological polar surface area (TPSA) is 54.2 Å². The van der Waals surface area contributed by atoms with Crippen LogP contribution in [0.15, 0.2) is 58.8 Å². The predicted octanol–water partition coefficient (Wildman–Crippen LogP) is 6.72.